The Morgan fingerprint density at radius 3 is 2.30 bits per heavy atom. The zero-order chi connectivity index (χ0) is 23.6. The second-order valence-electron chi connectivity index (χ2n) is 7.52. The second kappa shape index (κ2) is 11.7. The molecule has 0 saturated carbocycles. The average Bonchev–Trinajstić information content (AvgIpc) is 2.81. The summed E-state index contributed by atoms with van der Waals surface area (Å²) in [5, 5.41) is 12.9. The molecule has 3 rings (SSSR count). The third-order valence-corrected chi connectivity index (χ3v) is 4.99. The number of ether oxygens (including phenoxy) is 2. The fourth-order valence-electron chi connectivity index (χ4n) is 3.21. The predicted octanol–water partition coefficient (Wildman–Crippen LogP) is 5.41. The number of carboxylic acid groups (broad SMARTS) is 1. The molecular weight excluding hydrogens is 425 g/mol. The lowest BCUT2D eigenvalue weighted by molar-refractivity contribution is -0.137. The second-order valence-corrected chi connectivity index (χ2v) is 7.52. The first-order valence-corrected chi connectivity index (χ1v) is 10.5. The number of nitrogens with zero attached hydrogens (tertiary/aromatic N) is 1. The van der Waals surface area contributed by atoms with Crippen LogP contribution in [0.5, 0.6) is 11.5 Å². The number of carbonyl (C=O) groups is 1. The molecule has 0 spiro atoms. The molecule has 0 aromatic heterocycles. The first-order valence-electron chi connectivity index (χ1n) is 10.5. The highest BCUT2D eigenvalue weighted by atomic mass is 19.1. The van der Waals surface area contributed by atoms with E-state index in [2.05, 4.69) is 5.16 Å². The quantitative estimate of drug-likeness (QED) is 0.311. The van der Waals surface area contributed by atoms with Gasteiger partial charge in [-0.05, 0) is 53.4 Å². The van der Waals surface area contributed by atoms with Gasteiger partial charge in [0.25, 0.3) is 0 Å². The first kappa shape index (κ1) is 23.8. The van der Waals surface area contributed by atoms with E-state index in [4.69, 9.17) is 19.4 Å². The molecule has 7 heteroatoms. The summed E-state index contributed by atoms with van der Waals surface area (Å²) in [6, 6.07) is 21.0. The highest BCUT2D eigenvalue weighted by molar-refractivity contribution is 6.01. The molecule has 0 radical (unpaired) electrons. The molecule has 0 fully saturated rings. The molecule has 6 nitrogen and oxygen atoms in total. The Morgan fingerprint density at radius 1 is 1.00 bits per heavy atom. The molecule has 1 unspecified atom stereocenters. The lowest BCUT2D eigenvalue weighted by Gasteiger charge is -2.12. The highest BCUT2D eigenvalue weighted by Crippen LogP contribution is 2.23. The van der Waals surface area contributed by atoms with E-state index in [1.165, 1.54) is 19.2 Å². The molecule has 0 aliphatic heterocycles. The summed E-state index contributed by atoms with van der Waals surface area (Å²) >= 11 is 0. The molecule has 1 N–H and O–H groups in total. The Hall–Kier alpha value is -3.87. The van der Waals surface area contributed by atoms with E-state index in [1.807, 2.05) is 55.5 Å². The predicted molar refractivity (Wildman–Crippen MR) is 123 cm³/mol. The highest BCUT2D eigenvalue weighted by Gasteiger charge is 2.10. The van der Waals surface area contributed by atoms with Crippen LogP contribution in [-0.2, 0) is 16.2 Å². The maximum absolute atomic E-state index is 13.5. The average molecular weight is 451 g/mol. The van der Waals surface area contributed by atoms with E-state index in [0.717, 1.165) is 11.1 Å². The van der Waals surface area contributed by atoms with Gasteiger partial charge in [0.2, 0.25) is 0 Å². The van der Waals surface area contributed by atoms with Crippen LogP contribution < -0.4 is 9.47 Å². The van der Waals surface area contributed by atoms with Crippen molar-refractivity contribution in [1.82, 2.24) is 0 Å². The van der Waals surface area contributed by atoms with Crippen LogP contribution in [0.1, 0.15) is 36.0 Å². The summed E-state index contributed by atoms with van der Waals surface area (Å²) in [5.74, 6) is 0.115. The Morgan fingerprint density at radius 2 is 1.67 bits per heavy atom. The van der Waals surface area contributed by atoms with E-state index in [1.54, 1.807) is 12.1 Å². The van der Waals surface area contributed by atoms with Gasteiger partial charge < -0.3 is 19.4 Å². The summed E-state index contributed by atoms with van der Waals surface area (Å²) < 4.78 is 25.1. The fraction of sp³-hybridized carbons (Fsp3) is 0.231. The minimum Gasteiger partial charge on any atom is -0.489 e. The van der Waals surface area contributed by atoms with Crippen LogP contribution >= 0.6 is 0 Å². The Bertz CT molecular complexity index is 1080. The van der Waals surface area contributed by atoms with Crippen LogP contribution in [0.25, 0.3) is 0 Å². The van der Waals surface area contributed by atoms with Gasteiger partial charge in [-0.15, -0.1) is 0 Å². The largest absolute Gasteiger partial charge is 0.489 e. The minimum atomic E-state index is -0.813. The van der Waals surface area contributed by atoms with E-state index in [0.29, 0.717) is 29.4 Å². The molecule has 0 aliphatic rings. The van der Waals surface area contributed by atoms with E-state index in [9.17, 15) is 9.18 Å². The van der Waals surface area contributed by atoms with Crippen molar-refractivity contribution in [2.45, 2.75) is 25.9 Å². The third-order valence-electron chi connectivity index (χ3n) is 4.99. The van der Waals surface area contributed by atoms with Crippen LogP contribution in [0.4, 0.5) is 4.39 Å². The van der Waals surface area contributed by atoms with Crippen LogP contribution in [0, 0.1) is 5.82 Å². The lowest BCUT2D eigenvalue weighted by atomic mass is 9.98. The van der Waals surface area contributed by atoms with Crippen molar-refractivity contribution in [2.24, 2.45) is 5.16 Å². The van der Waals surface area contributed by atoms with Crippen LogP contribution in [-0.4, -0.2) is 30.5 Å². The molecule has 0 amide bonds. The van der Waals surface area contributed by atoms with Gasteiger partial charge in [0, 0.05) is 5.56 Å². The van der Waals surface area contributed by atoms with Gasteiger partial charge in [-0.3, -0.25) is 4.79 Å². The molecular formula is C26H26FNO5. The maximum atomic E-state index is 13.5. The number of hydrogen-bond acceptors (Lipinski definition) is 5. The van der Waals surface area contributed by atoms with Crippen molar-refractivity contribution >= 4 is 11.7 Å². The van der Waals surface area contributed by atoms with Gasteiger partial charge in [0.15, 0.2) is 0 Å². The van der Waals surface area contributed by atoms with Gasteiger partial charge in [0.05, 0.1) is 6.42 Å². The van der Waals surface area contributed by atoms with Gasteiger partial charge >= 0.3 is 5.97 Å². The summed E-state index contributed by atoms with van der Waals surface area (Å²) in [4.78, 5) is 15.7. The lowest BCUT2D eigenvalue weighted by Crippen LogP contribution is -2.13. The Labute approximate surface area is 192 Å². The summed E-state index contributed by atoms with van der Waals surface area (Å²) in [5.41, 5.74) is 2.98. The van der Waals surface area contributed by atoms with Gasteiger partial charge in [0.1, 0.15) is 43.4 Å². The minimum absolute atomic E-state index is 0.0561. The van der Waals surface area contributed by atoms with Crippen molar-refractivity contribution in [2.75, 3.05) is 13.7 Å². The smallest absolute Gasteiger partial charge is 0.303 e. The molecule has 3 aromatic carbocycles. The van der Waals surface area contributed by atoms with Crippen molar-refractivity contribution in [3.63, 3.8) is 0 Å². The molecule has 172 valence electrons. The van der Waals surface area contributed by atoms with Crippen LogP contribution in [0.15, 0.2) is 78.0 Å². The van der Waals surface area contributed by atoms with E-state index < -0.39 is 5.97 Å². The van der Waals surface area contributed by atoms with Crippen molar-refractivity contribution < 1.29 is 28.6 Å². The SMILES string of the molecule is CO/N=C(\COc1ccc(COc2ccc(C(C)CC(=O)O)cc2)cc1)c1cccc(F)c1. The van der Waals surface area contributed by atoms with Gasteiger partial charge in [-0.2, -0.15) is 0 Å². The number of halogens is 1. The monoisotopic (exact) mass is 451 g/mol. The first-order chi connectivity index (χ1) is 15.9. The maximum Gasteiger partial charge on any atom is 0.303 e. The molecule has 0 saturated heterocycles. The number of benzene rings is 3. The standard InChI is InChI=1S/C26H26FNO5/c1-18(14-26(29)30)20-8-12-24(13-9-20)32-16-19-6-10-23(11-7-19)33-17-25(28-31-2)21-4-3-5-22(27)15-21/h3-13,15,18H,14,16-17H2,1-2H3,(H,29,30)/b28-25+. The number of aliphatic carboxylic acids is 1. The van der Waals surface area contributed by atoms with Crippen LogP contribution in [0.2, 0.25) is 0 Å². The zero-order valence-corrected chi connectivity index (χ0v) is 18.5. The molecule has 1 atom stereocenters. The molecule has 33 heavy (non-hydrogen) atoms. The fourth-order valence-corrected chi connectivity index (χ4v) is 3.21. The zero-order valence-electron chi connectivity index (χ0n) is 18.5. The number of carboxylic acids is 1. The van der Waals surface area contributed by atoms with Crippen molar-refractivity contribution in [3.8, 4) is 11.5 Å². The summed E-state index contributed by atoms with van der Waals surface area (Å²) in [7, 11) is 1.43. The Balaban J connectivity index is 1.53. The van der Waals surface area contributed by atoms with E-state index >= 15 is 0 Å². The third kappa shape index (κ3) is 7.35. The summed E-state index contributed by atoms with van der Waals surface area (Å²) in [6.45, 7) is 2.39. The number of hydrogen-bond donors (Lipinski definition) is 1. The van der Waals surface area contributed by atoms with Crippen molar-refractivity contribution in [3.05, 3.63) is 95.3 Å². The molecule has 0 heterocycles. The topological polar surface area (TPSA) is 77.3 Å². The molecule has 3 aromatic rings. The van der Waals surface area contributed by atoms with E-state index in [-0.39, 0.29) is 24.8 Å². The van der Waals surface area contributed by atoms with Gasteiger partial charge in [-0.25, -0.2) is 4.39 Å². The summed E-state index contributed by atoms with van der Waals surface area (Å²) in [6.07, 6.45) is 0.0929. The number of rotatable bonds is 11. The molecule has 0 bridgehead atoms. The van der Waals surface area contributed by atoms with Gasteiger partial charge in [-0.1, -0.05) is 48.5 Å². The normalized spacial score (nSPS) is 12.2. The number of oxime groups is 1. The Kier molecular flexibility index (Phi) is 8.41. The van der Waals surface area contributed by atoms with Crippen LogP contribution in [0.3, 0.4) is 0 Å². The molecule has 0 aliphatic carbocycles. The van der Waals surface area contributed by atoms with Crippen molar-refractivity contribution in [1.29, 1.82) is 0 Å².